The number of benzene rings is 2. The molecule has 3 rings (SSSR count). The topological polar surface area (TPSA) is 50.8 Å². The minimum Gasteiger partial charge on any atom is -0.484 e. The predicted molar refractivity (Wildman–Crippen MR) is 96.3 cm³/mol. The number of carbonyl (C=O) groups excluding carboxylic acids is 1. The standard InChI is InChI=1S/C20H23FN2O3/c21-18-4-6-19(7-5-18)26-15-20(24)22-13-16-2-1-3-17(12-16)14-23-8-10-25-11-9-23/h1-7,12H,8-11,13-15H2,(H,22,24). The average molecular weight is 358 g/mol. The molecular formula is C20H23FN2O3. The number of rotatable bonds is 7. The van der Waals surface area contributed by atoms with E-state index in [1.165, 1.54) is 29.8 Å². The molecule has 0 saturated carbocycles. The number of halogens is 1. The maximum atomic E-state index is 12.8. The summed E-state index contributed by atoms with van der Waals surface area (Å²) in [6.45, 7) is 4.69. The highest BCUT2D eigenvalue weighted by Crippen LogP contribution is 2.11. The highest BCUT2D eigenvalue weighted by molar-refractivity contribution is 5.77. The van der Waals surface area contributed by atoms with Gasteiger partial charge in [-0.15, -0.1) is 0 Å². The Morgan fingerprint density at radius 3 is 2.62 bits per heavy atom. The normalized spacial score (nSPS) is 14.8. The fourth-order valence-corrected chi connectivity index (χ4v) is 2.79. The number of ether oxygens (including phenoxy) is 2. The van der Waals surface area contributed by atoms with Crippen molar-refractivity contribution < 1.29 is 18.7 Å². The second kappa shape index (κ2) is 9.31. The molecule has 2 aromatic carbocycles. The van der Waals surface area contributed by atoms with Crippen molar-refractivity contribution in [3.05, 3.63) is 65.5 Å². The van der Waals surface area contributed by atoms with Crippen molar-refractivity contribution in [1.82, 2.24) is 10.2 Å². The lowest BCUT2D eigenvalue weighted by Gasteiger charge is -2.26. The predicted octanol–water partition coefficient (Wildman–Crippen LogP) is 2.35. The summed E-state index contributed by atoms with van der Waals surface area (Å²) in [7, 11) is 0. The number of morpholine rings is 1. The molecule has 0 aromatic heterocycles. The summed E-state index contributed by atoms with van der Waals surface area (Å²) < 4.78 is 23.5. The van der Waals surface area contributed by atoms with Crippen LogP contribution in [-0.4, -0.2) is 43.7 Å². The molecular weight excluding hydrogens is 335 g/mol. The van der Waals surface area contributed by atoms with Gasteiger partial charge >= 0.3 is 0 Å². The molecule has 5 nitrogen and oxygen atoms in total. The molecule has 0 spiro atoms. The van der Waals surface area contributed by atoms with E-state index in [2.05, 4.69) is 22.3 Å². The Kier molecular flexibility index (Phi) is 6.57. The molecule has 1 N–H and O–H groups in total. The lowest BCUT2D eigenvalue weighted by molar-refractivity contribution is -0.123. The minimum atomic E-state index is -0.334. The molecule has 6 heteroatoms. The van der Waals surface area contributed by atoms with Gasteiger partial charge in [-0.25, -0.2) is 4.39 Å². The SMILES string of the molecule is O=C(COc1ccc(F)cc1)NCc1cccc(CN2CCOCC2)c1. The van der Waals surface area contributed by atoms with Crippen molar-refractivity contribution >= 4 is 5.91 Å². The van der Waals surface area contributed by atoms with E-state index in [1.807, 2.05) is 12.1 Å². The smallest absolute Gasteiger partial charge is 0.258 e. The van der Waals surface area contributed by atoms with E-state index in [0.717, 1.165) is 38.4 Å². The van der Waals surface area contributed by atoms with Crippen LogP contribution in [0.25, 0.3) is 0 Å². The third kappa shape index (κ3) is 5.82. The molecule has 0 radical (unpaired) electrons. The maximum absolute atomic E-state index is 12.8. The van der Waals surface area contributed by atoms with Crippen LogP contribution in [0.2, 0.25) is 0 Å². The van der Waals surface area contributed by atoms with Gasteiger partial charge in [0.05, 0.1) is 13.2 Å². The van der Waals surface area contributed by atoms with Crippen LogP contribution in [0.4, 0.5) is 4.39 Å². The Balaban J connectivity index is 1.44. The van der Waals surface area contributed by atoms with E-state index in [1.54, 1.807) is 0 Å². The van der Waals surface area contributed by atoms with Gasteiger partial charge in [0.1, 0.15) is 11.6 Å². The van der Waals surface area contributed by atoms with E-state index in [-0.39, 0.29) is 18.3 Å². The Labute approximate surface area is 152 Å². The monoisotopic (exact) mass is 358 g/mol. The summed E-state index contributed by atoms with van der Waals surface area (Å²) in [5.74, 6) is -0.0827. The molecule has 1 aliphatic rings. The zero-order valence-electron chi connectivity index (χ0n) is 14.6. The van der Waals surface area contributed by atoms with E-state index in [0.29, 0.717) is 12.3 Å². The lowest BCUT2D eigenvalue weighted by atomic mass is 10.1. The van der Waals surface area contributed by atoms with Crippen molar-refractivity contribution in [1.29, 1.82) is 0 Å². The first-order valence-electron chi connectivity index (χ1n) is 8.72. The van der Waals surface area contributed by atoms with Gasteiger partial charge in [-0.1, -0.05) is 24.3 Å². The summed E-state index contributed by atoms with van der Waals surface area (Å²) in [4.78, 5) is 14.3. The number of nitrogens with zero attached hydrogens (tertiary/aromatic N) is 1. The van der Waals surface area contributed by atoms with Crippen LogP contribution < -0.4 is 10.1 Å². The van der Waals surface area contributed by atoms with Crippen LogP contribution in [0, 0.1) is 5.82 Å². The Hall–Kier alpha value is -2.44. The van der Waals surface area contributed by atoms with Gasteiger partial charge in [0.25, 0.3) is 5.91 Å². The number of amides is 1. The number of carbonyl (C=O) groups is 1. The maximum Gasteiger partial charge on any atom is 0.258 e. The van der Waals surface area contributed by atoms with Crippen LogP contribution in [0.1, 0.15) is 11.1 Å². The van der Waals surface area contributed by atoms with E-state index in [9.17, 15) is 9.18 Å². The molecule has 1 saturated heterocycles. The van der Waals surface area contributed by atoms with Gasteiger partial charge in [-0.2, -0.15) is 0 Å². The van der Waals surface area contributed by atoms with Gasteiger partial charge in [0.2, 0.25) is 0 Å². The summed E-state index contributed by atoms with van der Waals surface area (Å²) in [5.41, 5.74) is 2.27. The molecule has 26 heavy (non-hydrogen) atoms. The molecule has 0 aliphatic carbocycles. The highest BCUT2D eigenvalue weighted by atomic mass is 19.1. The minimum absolute atomic E-state index is 0.0981. The van der Waals surface area contributed by atoms with Crippen LogP contribution in [0.5, 0.6) is 5.75 Å². The fourth-order valence-electron chi connectivity index (χ4n) is 2.79. The van der Waals surface area contributed by atoms with Gasteiger partial charge in [-0.05, 0) is 35.4 Å². The molecule has 0 bridgehead atoms. The van der Waals surface area contributed by atoms with Crippen molar-refractivity contribution in [3.8, 4) is 5.75 Å². The molecule has 1 aliphatic heterocycles. The first-order valence-corrected chi connectivity index (χ1v) is 8.72. The molecule has 1 heterocycles. The van der Waals surface area contributed by atoms with Crippen molar-refractivity contribution in [2.45, 2.75) is 13.1 Å². The second-order valence-electron chi connectivity index (χ2n) is 6.23. The fraction of sp³-hybridized carbons (Fsp3) is 0.350. The molecule has 0 unspecified atom stereocenters. The Morgan fingerprint density at radius 2 is 1.85 bits per heavy atom. The zero-order valence-corrected chi connectivity index (χ0v) is 14.6. The molecule has 1 fully saturated rings. The first kappa shape index (κ1) is 18.4. The lowest BCUT2D eigenvalue weighted by Crippen LogP contribution is -2.35. The van der Waals surface area contributed by atoms with E-state index in [4.69, 9.17) is 9.47 Å². The third-order valence-electron chi connectivity index (χ3n) is 4.17. The average Bonchev–Trinajstić information content (AvgIpc) is 2.67. The van der Waals surface area contributed by atoms with E-state index < -0.39 is 0 Å². The quantitative estimate of drug-likeness (QED) is 0.826. The summed E-state index contributed by atoms with van der Waals surface area (Å²) in [5, 5.41) is 2.84. The van der Waals surface area contributed by atoms with Crippen molar-refractivity contribution in [3.63, 3.8) is 0 Å². The van der Waals surface area contributed by atoms with Crippen LogP contribution in [0.15, 0.2) is 48.5 Å². The second-order valence-corrected chi connectivity index (χ2v) is 6.23. The van der Waals surface area contributed by atoms with Gasteiger partial charge in [0, 0.05) is 26.2 Å². The third-order valence-corrected chi connectivity index (χ3v) is 4.17. The van der Waals surface area contributed by atoms with Crippen molar-refractivity contribution in [2.75, 3.05) is 32.9 Å². The van der Waals surface area contributed by atoms with Gasteiger partial charge < -0.3 is 14.8 Å². The summed E-state index contributed by atoms with van der Waals surface area (Å²) >= 11 is 0. The number of hydrogen-bond donors (Lipinski definition) is 1. The van der Waals surface area contributed by atoms with Crippen LogP contribution >= 0.6 is 0 Å². The van der Waals surface area contributed by atoms with E-state index >= 15 is 0 Å². The summed E-state index contributed by atoms with van der Waals surface area (Å²) in [6, 6.07) is 13.8. The first-order chi connectivity index (χ1) is 12.7. The number of nitrogens with one attached hydrogen (secondary N) is 1. The van der Waals surface area contributed by atoms with Crippen LogP contribution in [-0.2, 0) is 22.6 Å². The van der Waals surface area contributed by atoms with Crippen molar-refractivity contribution in [2.24, 2.45) is 0 Å². The Morgan fingerprint density at radius 1 is 1.12 bits per heavy atom. The molecule has 2 aromatic rings. The molecule has 0 atom stereocenters. The Bertz CT molecular complexity index is 715. The summed E-state index contributed by atoms with van der Waals surface area (Å²) in [6.07, 6.45) is 0. The zero-order chi connectivity index (χ0) is 18.2. The van der Waals surface area contributed by atoms with Crippen LogP contribution in [0.3, 0.4) is 0 Å². The molecule has 138 valence electrons. The number of hydrogen-bond acceptors (Lipinski definition) is 4. The van der Waals surface area contributed by atoms with Gasteiger partial charge in [-0.3, -0.25) is 9.69 Å². The van der Waals surface area contributed by atoms with Gasteiger partial charge in [0.15, 0.2) is 6.61 Å². The highest BCUT2D eigenvalue weighted by Gasteiger charge is 2.11. The molecule has 1 amide bonds. The largest absolute Gasteiger partial charge is 0.484 e.